The van der Waals surface area contributed by atoms with E-state index in [-0.39, 0.29) is 18.9 Å². The van der Waals surface area contributed by atoms with Crippen LogP contribution in [-0.2, 0) is 26.2 Å². The van der Waals surface area contributed by atoms with Gasteiger partial charge in [0.1, 0.15) is 0 Å². The zero-order chi connectivity index (χ0) is 20.6. The predicted molar refractivity (Wildman–Crippen MR) is 115 cm³/mol. The summed E-state index contributed by atoms with van der Waals surface area (Å²) in [6.45, 7) is 0.718. The fourth-order valence-corrected chi connectivity index (χ4v) is 4.17. The number of carbonyl (C=O) groups is 1. The van der Waals surface area contributed by atoms with Crippen LogP contribution in [0, 0.1) is 0 Å². The van der Waals surface area contributed by atoms with Crippen LogP contribution < -0.4 is 9.62 Å². The topological polar surface area (TPSA) is 75.7 Å². The lowest BCUT2D eigenvalue weighted by Gasteiger charge is -2.22. The molecule has 0 radical (unpaired) electrons. The summed E-state index contributed by atoms with van der Waals surface area (Å²) in [6, 6.07) is 14.8. The van der Waals surface area contributed by atoms with E-state index in [1.54, 1.807) is 24.9 Å². The third-order valence-electron chi connectivity index (χ3n) is 4.03. The van der Waals surface area contributed by atoms with E-state index in [2.05, 4.69) is 5.32 Å². The Hall–Kier alpha value is -2.03. The first-order valence-corrected chi connectivity index (χ1v) is 11.9. The highest BCUT2D eigenvalue weighted by Gasteiger charge is 2.18. The number of anilines is 2. The molecule has 0 saturated carbocycles. The molecule has 0 heterocycles. The van der Waals surface area contributed by atoms with Gasteiger partial charge in [0.2, 0.25) is 15.9 Å². The molecule has 0 aliphatic rings. The van der Waals surface area contributed by atoms with Crippen LogP contribution in [0.5, 0.6) is 0 Å². The highest BCUT2D eigenvalue weighted by molar-refractivity contribution is 7.98. The lowest BCUT2D eigenvalue weighted by Crippen LogP contribution is -2.31. The van der Waals surface area contributed by atoms with Crippen molar-refractivity contribution in [2.24, 2.45) is 0 Å². The third kappa shape index (κ3) is 6.85. The summed E-state index contributed by atoms with van der Waals surface area (Å²) in [7, 11) is -1.81. The maximum Gasteiger partial charge on any atom is 0.232 e. The number of rotatable bonds is 10. The summed E-state index contributed by atoms with van der Waals surface area (Å²) in [5.74, 6) is -0.152. The molecule has 0 aliphatic carbocycles. The van der Waals surface area contributed by atoms with Crippen molar-refractivity contribution in [1.29, 1.82) is 0 Å². The SMILES string of the molecule is COCc1cccc(NC(=O)CCCN(c2cccc(SC)c2)S(C)(=O)=O)c1. The van der Waals surface area contributed by atoms with Crippen molar-refractivity contribution in [1.82, 2.24) is 0 Å². The van der Waals surface area contributed by atoms with E-state index in [4.69, 9.17) is 4.74 Å². The normalized spacial score (nSPS) is 11.2. The lowest BCUT2D eigenvalue weighted by molar-refractivity contribution is -0.116. The van der Waals surface area contributed by atoms with Gasteiger partial charge in [-0.1, -0.05) is 18.2 Å². The summed E-state index contributed by atoms with van der Waals surface area (Å²) in [5.41, 5.74) is 2.28. The monoisotopic (exact) mass is 422 g/mol. The second kappa shape index (κ2) is 10.5. The smallest absolute Gasteiger partial charge is 0.232 e. The Morgan fingerprint density at radius 1 is 1.18 bits per heavy atom. The molecule has 2 aromatic rings. The molecule has 0 fully saturated rings. The molecule has 6 nitrogen and oxygen atoms in total. The molecule has 0 aromatic heterocycles. The largest absolute Gasteiger partial charge is 0.380 e. The molecule has 1 N–H and O–H groups in total. The van der Waals surface area contributed by atoms with Gasteiger partial charge in [0.15, 0.2) is 0 Å². The van der Waals surface area contributed by atoms with Crippen LogP contribution in [0.4, 0.5) is 11.4 Å². The number of hydrogen-bond acceptors (Lipinski definition) is 5. The van der Waals surface area contributed by atoms with Crippen molar-refractivity contribution in [2.45, 2.75) is 24.3 Å². The fourth-order valence-electron chi connectivity index (χ4n) is 2.76. The number of amides is 1. The highest BCUT2D eigenvalue weighted by atomic mass is 32.2. The third-order valence-corrected chi connectivity index (χ3v) is 5.95. The van der Waals surface area contributed by atoms with Crippen molar-refractivity contribution >= 4 is 39.1 Å². The number of sulfonamides is 1. The Balaban J connectivity index is 1.96. The molecule has 0 saturated heterocycles. The number of methoxy groups -OCH3 is 1. The van der Waals surface area contributed by atoms with Crippen LogP contribution in [0.2, 0.25) is 0 Å². The van der Waals surface area contributed by atoms with Crippen LogP contribution in [0.25, 0.3) is 0 Å². The molecular formula is C20H26N2O4S2. The van der Waals surface area contributed by atoms with Crippen molar-refractivity contribution in [3.05, 3.63) is 54.1 Å². The van der Waals surface area contributed by atoms with Crippen molar-refractivity contribution in [3.8, 4) is 0 Å². The van der Waals surface area contributed by atoms with Gasteiger partial charge in [-0.05, 0) is 48.6 Å². The minimum atomic E-state index is -3.43. The summed E-state index contributed by atoms with van der Waals surface area (Å²) in [5, 5.41) is 2.85. The van der Waals surface area contributed by atoms with Gasteiger partial charge in [0.05, 0.1) is 18.6 Å². The van der Waals surface area contributed by atoms with Crippen LogP contribution in [-0.4, -0.2) is 40.5 Å². The zero-order valence-electron chi connectivity index (χ0n) is 16.3. The summed E-state index contributed by atoms with van der Waals surface area (Å²) in [6.07, 6.45) is 3.76. The molecule has 0 unspecified atom stereocenters. The average Bonchev–Trinajstić information content (AvgIpc) is 2.65. The van der Waals surface area contributed by atoms with Gasteiger partial charge in [-0.25, -0.2) is 8.42 Å². The minimum Gasteiger partial charge on any atom is -0.380 e. The lowest BCUT2D eigenvalue weighted by atomic mass is 10.2. The maximum atomic E-state index is 12.2. The number of ether oxygens (including phenoxy) is 1. The Kier molecular flexibility index (Phi) is 8.35. The van der Waals surface area contributed by atoms with Crippen LogP contribution >= 0.6 is 11.8 Å². The van der Waals surface area contributed by atoms with Gasteiger partial charge in [0.25, 0.3) is 0 Å². The van der Waals surface area contributed by atoms with Crippen molar-refractivity contribution in [3.63, 3.8) is 0 Å². The highest BCUT2D eigenvalue weighted by Crippen LogP contribution is 2.24. The molecule has 0 aliphatic heterocycles. The Bertz CT molecular complexity index is 901. The molecule has 0 spiro atoms. The molecule has 0 atom stereocenters. The van der Waals surface area contributed by atoms with E-state index in [1.807, 2.05) is 48.7 Å². The molecular weight excluding hydrogens is 396 g/mol. The number of nitrogens with one attached hydrogen (secondary N) is 1. The Morgan fingerprint density at radius 3 is 2.61 bits per heavy atom. The van der Waals surface area contributed by atoms with Crippen LogP contribution in [0.15, 0.2) is 53.4 Å². The van der Waals surface area contributed by atoms with E-state index in [0.717, 1.165) is 10.5 Å². The molecule has 152 valence electrons. The van der Waals surface area contributed by atoms with E-state index in [0.29, 0.717) is 24.4 Å². The number of thioether (sulfide) groups is 1. The van der Waals surface area contributed by atoms with Gasteiger partial charge >= 0.3 is 0 Å². The van der Waals surface area contributed by atoms with Gasteiger partial charge in [-0.3, -0.25) is 9.10 Å². The number of hydrogen-bond donors (Lipinski definition) is 1. The summed E-state index contributed by atoms with van der Waals surface area (Å²) < 4.78 is 30.8. The van der Waals surface area contributed by atoms with E-state index in [9.17, 15) is 13.2 Å². The van der Waals surface area contributed by atoms with Crippen molar-refractivity contribution < 1.29 is 17.9 Å². The number of nitrogens with zero attached hydrogens (tertiary/aromatic N) is 1. The molecule has 2 rings (SSSR count). The van der Waals surface area contributed by atoms with Crippen molar-refractivity contribution in [2.75, 3.05) is 35.8 Å². The molecule has 0 bridgehead atoms. The second-order valence-electron chi connectivity index (χ2n) is 6.32. The van der Waals surface area contributed by atoms with E-state index < -0.39 is 10.0 Å². The molecule has 2 aromatic carbocycles. The number of benzene rings is 2. The van der Waals surface area contributed by atoms with Gasteiger partial charge in [0, 0.05) is 30.7 Å². The number of carbonyl (C=O) groups excluding carboxylic acids is 1. The summed E-state index contributed by atoms with van der Waals surface area (Å²) in [4.78, 5) is 13.2. The standard InChI is InChI=1S/C20H26N2O4S2/c1-26-15-16-7-4-8-17(13-16)21-20(23)11-6-12-22(28(3,24)25)18-9-5-10-19(14-18)27-2/h4-5,7-10,13-14H,6,11-12,15H2,1-3H3,(H,21,23). The zero-order valence-corrected chi connectivity index (χ0v) is 18.0. The average molecular weight is 423 g/mol. The minimum absolute atomic E-state index is 0.152. The van der Waals surface area contributed by atoms with E-state index in [1.165, 1.54) is 10.6 Å². The maximum absolute atomic E-state index is 12.2. The second-order valence-corrected chi connectivity index (χ2v) is 9.11. The van der Waals surface area contributed by atoms with Gasteiger partial charge in [-0.2, -0.15) is 0 Å². The summed E-state index contributed by atoms with van der Waals surface area (Å²) >= 11 is 1.55. The first kappa shape index (κ1) is 22.3. The molecule has 28 heavy (non-hydrogen) atoms. The van der Waals surface area contributed by atoms with Crippen LogP contribution in [0.1, 0.15) is 18.4 Å². The van der Waals surface area contributed by atoms with E-state index >= 15 is 0 Å². The van der Waals surface area contributed by atoms with Crippen LogP contribution in [0.3, 0.4) is 0 Å². The first-order chi connectivity index (χ1) is 13.3. The van der Waals surface area contributed by atoms with Gasteiger partial charge < -0.3 is 10.1 Å². The quantitative estimate of drug-likeness (QED) is 0.590. The van der Waals surface area contributed by atoms with Gasteiger partial charge in [-0.15, -0.1) is 11.8 Å². The fraction of sp³-hybridized carbons (Fsp3) is 0.350. The Morgan fingerprint density at radius 2 is 1.93 bits per heavy atom. The Labute approximate surface area is 171 Å². The first-order valence-electron chi connectivity index (χ1n) is 8.83. The predicted octanol–water partition coefficient (Wildman–Crippen LogP) is 3.74. The molecule has 8 heteroatoms. The molecule has 1 amide bonds.